The monoisotopic (exact) mass is 269 g/mol. The van der Waals surface area contributed by atoms with Gasteiger partial charge in [-0.15, -0.1) is 0 Å². The zero-order valence-corrected chi connectivity index (χ0v) is 11.9. The first-order valence-corrected chi connectivity index (χ1v) is 6.52. The van der Waals surface area contributed by atoms with E-state index in [1.165, 1.54) is 0 Å². The molecule has 3 nitrogen and oxygen atoms in total. The van der Waals surface area contributed by atoms with Gasteiger partial charge in [-0.3, -0.25) is 4.79 Å². The molecule has 0 aliphatic heterocycles. The summed E-state index contributed by atoms with van der Waals surface area (Å²) in [6.45, 7) is 5.61. The number of anilines is 1. The quantitative estimate of drug-likeness (QED) is 0.711. The molecule has 0 amide bonds. The Morgan fingerprint density at radius 1 is 1.50 bits per heavy atom. The molecular weight excluding hydrogens is 250 g/mol. The Morgan fingerprint density at radius 2 is 2.22 bits per heavy atom. The SMILES string of the molecule is CCC(C)N(CCOC)c1cc(Cl)ccc1C=O. The Bertz CT molecular complexity index is 395. The number of methoxy groups -OCH3 is 1. The van der Waals surface area contributed by atoms with Crippen LogP contribution in [0.4, 0.5) is 5.69 Å². The number of carbonyl (C=O) groups excluding carboxylic acids is 1. The van der Waals surface area contributed by atoms with Crippen molar-refractivity contribution in [2.24, 2.45) is 0 Å². The molecule has 1 atom stereocenters. The summed E-state index contributed by atoms with van der Waals surface area (Å²) < 4.78 is 5.13. The van der Waals surface area contributed by atoms with E-state index in [-0.39, 0.29) is 0 Å². The lowest BCUT2D eigenvalue weighted by Gasteiger charge is -2.31. The van der Waals surface area contributed by atoms with E-state index in [1.54, 1.807) is 19.2 Å². The van der Waals surface area contributed by atoms with Crippen LogP contribution < -0.4 is 4.90 Å². The number of rotatable bonds is 7. The molecule has 0 radical (unpaired) electrons. The molecule has 18 heavy (non-hydrogen) atoms. The van der Waals surface area contributed by atoms with E-state index in [0.29, 0.717) is 23.2 Å². The number of hydrogen-bond acceptors (Lipinski definition) is 3. The highest BCUT2D eigenvalue weighted by Gasteiger charge is 2.16. The van der Waals surface area contributed by atoms with E-state index in [2.05, 4.69) is 18.7 Å². The van der Waals surface area contributed by atoms with Crippen molar-refractivity contribution >= 4 is 23.6 Å². The molecule has 1 aromatic rings. The fourth-order valence-electron chi connectivity index (χ4n) is 1.85. The second kappa shape index (κ2) is 7.39. The van der Waals surface area contributed by atoms with Gasteiger partial charge >= 0.3 is 0 Å². The number of ether oxygens (including phenoxy) is 1. The molecule has 0 bridgehead atoms. The Morgan fingerprint density at radius 3 is 2.78 bits per heavy atom. The van der Waals surface area contributed by atoms with E-state index in [4.69, 9.17) is 16.3 Å². The Hall–Kier alpha value is -1.06. The minimum atomic E-state index is 0.331. The molecule has 1 rings (SSSR count). The minimum Gasteiger partial charge on any atom is -0.383 e. The van der Waals surface area contributed by atoms with Gasteiger partial charge in [0.25, 0.3) is 0 Å². The molecule has 0 fully saturated rings. The lowest BCUT2D eigenvalue weighted by Crippen LogP contribution is -2.36. The zero-order valence-electron chi connectivity index (χ0n) is 11.1. The summed E-state index contributed by atoms with van der Waals surface area (Å²) in [6, 6.07) is 5.66. The van der Waals surface area contributed by atoms with E-state index in [0.717, 1.165) is 24.9 Å². The molecule has 0 heterocycles. The third kappa shape index (κ3) is 3.72. The van der Waals surface area contributed by atoms with Gasteiger partial charge in [0.05, 0.1) is 6.61 Å². The summed E-state index contributed by atoms with van der Waals surface area (Å²) in [5.74, 6) is 0. The largest absolute Gasteiger partial charge is 0.383 e. The molecule has 1 aromatic carbocycles. The number of hydrogen-bond donors (Lipinski definition) is 0. The van der Waals surface area contributed by atoms with Crippen molar-refractivity contribution in [3.05, 3.63) is 28.8 Å². The maximum Gasteiger partial charge on any atom is 0.152 e. The van der Waals surface area contributed by atoms with Crippen molar-refractivity contribution in [1.29, 1.82) is 0 Å². The zero-order chi connectivity index (χ0) is 13.5. The first-order valence-electron chi connectivity index (χ1n) is 6.14. The van der Waals surface area contributed by atoms with Crippen LogP contribution in [0.5, 0.6) is 0 Å². The van der Waals surface area contributed by atoms with Gasteiger partial charge in [0.2, 0.25) is 0 Å². The molecule has 0 saturated carbocycles. The standard InChI is InChI=1S/C14H20ClNO2/c1-4-11(2)16(7-8-18-3)14-9-13(15)6-5-12(14)10-17/h5-6,9-11H,4,7-8H2,1-3H3. The van der Waals surface area contributed by atoms with Crippen molar-refractivity contribution in [2.75, 3.05) is 25.2 Å². The van der Waals surface area contributed by atoms with Gasteiger partial charge in [0.15, 0.2) is 6.29 Å². The van der Waals surface area contributed by atoms with Crippen LogP contribution in [0.25, 0.3) is 0 Å². The van der Waals surface area contributed by atoms with Crippen LogP contribution in [0.2, 0.25) is 5.02 Å². The summed E-state index contributed by atoms with van der Waals surface area (Å²) in [6.07, 6.45) is 1.86. The number of carbonyl (C=O) groups is 1. The molecule has 0 aromatic heterocycles. The normalized spacial score (nSPS) is 12.2. The highest BCUT2D eigenvalue weighted by atomic mass is 35.5. The van der Waals surface area contributed by atoms with Gasteiger partial charge in [-0.2, -0.15) is 0 Å². The van der Waals surface area contributed by atoms with E-state index < -0.39 is 0 Å². The molecule has 0 aliphatic carbocycles. The number of benzene rings is 1. The Labute approximate surface area is 114 Å². The van der Waals surface area contributed by atoms with Crippen molar-refractivity contribution in [2.45, 2.75) is 26.3 Å². The first kappa shape index (κ1) is 15.0. The smallest absolute Gasteiger partial charge is 0.152 e. The lowest BCUT2D eigenvalue weighted by molar-refractivity contribution is 0.112. The maximum atomic E-state index is 11.1. The number of aldehydes is 1. The van der Waals surface area contributed by atoms with Crippen LogP contribution in [-0.4, -0.2) is 32.6 Å². The molecular formula is C14H20ClNO2. The molecule has 0 N–H and O–H groups in total. The van der Waals surface area contributed by atoms with Crippen molar-refractivity contribution in [3.8, 4) is 0 Å². The molecule has 100 valence electrons. The summed E-state index contributed by atoms with van der Waals surface area (Å²) in [5, 5.41) is 0.640. The third-order valence-electron chi connectivity index (χ3n) is 3.09. The molecule has 4 heteroatoms. The topological polar surface area (TPSA) is 29.5 Å². The van der Waals surface area contributed by atoms with Crippen LogP contribution in [0.3, 0.4) is 0 Å². The van der Waals surface area contributed by atoms with Gasteiger partial charge < -0.3 is 9.64 Å². The highest BCUT2D eigenvalue weighted by molar-refractivity contribution is 6.31. The number of halogens is 1. The van der Waals surface area contributed by atoms with Crippen LogP contribution in [-0.2, 0) is 4.74 Å². The fraction of sp³-hybridized carbons (Fsp3) is 0.500. The minimum absolute atomic E-state index is 0.331. The van der Waals surface area contributed by atoms with Gasteiger partial charge in [-0.1, -0.05) is 18.5 Å². The van der Waals surface area contributed by atoms with Crippen molar-refractivity contribution < 1.29 is 9.53 Å². The van der Waals surface area contributed by atoms with Crippen LogP contribution in [0, 0.1) is 0 Å². The second-order valence-electron chi connectivity index (χ2n) is 4.26. The van der Waals surface area contributed by atoms with E-state index in [1.807, 2.05) is 6.07 Å². The Balaban J connectivity index is 3.09. The van der Waals surface area contributed by atoms with E-state index >= 15 is 0 Å². The average Bonchev–Trinajstić information content (AvgIpc) is 2.39. The van der Waals surface area contributed by atoms with Crippen LogP contribution >= 0.6 is 11.6 Å². The number of nitrogens with zero attached hydrogens (tertiary/aromatic N) is 1. The van der Waals surface area contributed by atoms with Gasteiger partial charge in [-0.05, 0) is 31.5 Å². The Kier molecular flexibility index (Phi) is 6.16. The maximum absolute atomic E-state index is 11.1. The van der Waals surface area contributed by atoms with Crippen molar-refractivity contribution in [1.82, 2.24) is 0 Å². The first-order chi connectivity index (χ1) is 8.63. The lowest BCUT2D eigenvalue weighted by atomic mass is 10.1. The van der Waals surface area contributed by atoms with Gasteiger partial charge in [0, 0.05) is 36.0 Å². The van der Waals surface area contributed by atoms with Gasteiger partial charge in [0.1, 0.15) is 0 Å². The van der Waals surface area contributed by atoms with Crippen molar-refractivity contribution in [3.63, 3.8) is 0 Å². The highest BCUT2D eigenvalue weighted by Crippen LogP contribution is 2.26. The van der Waals surface area contributed by atoms with Gasteiger partial charge in [-0.25, -0.2) is 0 Å². The summed E-state index contributed by atoms with van der Waals surface area (Å²) in [7, 11) is 1.67. The second-order valence-corrected chi connectivity index (χ2v) is 4.70. The van der Waals surface area contributed by atoms with Crippen LogP contribution in [0.1, 0.15) is 30.6 Å². The van der Waals surface area contributed by atoms with E-state index in [9.17, 15) is 4.79 Å². The molecule has 0 saturated heterocycles. The summed E-state index contributed by atoms with van der Waals surface area (Å²) >= 11 is 6.03. The fourth-order valence-corrected chi connectivity index (χ4v) is 2.02. The van der Waals surface area contributed by atoms with Crippen LogP contribution in [0.15, 0.2) is 18.2 Å². The predicted molar refractivity (Wildman–Crippen MR) is 75.8 cm³/mol. The average molecular weight is 270 g/mol. The molecule has 1 unspecified atom stereocenters. The summed E-state index contributed by atoms with van der Waals surface area (Å²) in [4.78, 5) is 13.3. The molecule has 0 spiro atoms. The predicted octanol–water partition coefficient (Wildman–Crippen LogP) is 3.40. The third-order valence-corrected chi connectivity index (χ3v) is 3.32. The summed E-state index contributed by atoms with van der Waals surface area (Å²) in [5.41, 5.74) is 1.54. The molecule has 0 aliphatic rings.